The standard InChI is InChI=1S/C14H14Cl6N2O5/c1-8-5-9(3-4-10(8)25-2)22(12(24)27-7-14(18,19)20)21-11(23)26-6-13(15,16)17/h3-5H,6-7H2,1-2H3,(H,21,23). The Balaban J connectivity index is 3.00. The number of nitrogens with zero attached hydrogens (tertiary/aromatic N) is 1. The normalized spacial score (nSPS) is 11.6. The summed E-state index contributed by atoms with van der Waals surface area (Å²) in [6.45, 7) is 0.615. The summed E-state index contributed by atoms with van der Waals surface area (Å²) in [7, 11) is 1.49. The number of carbonyl (C=O) groups is 2. The number of alkyl halides is 6. The van der Waals surface area contributed by atoms with Crippen LogP contribution in [-0.2, 0) is 9.47 Å². The van der Waals surface area contributed by atoms with Crippen LogP contribution in [0.5, 0.6) is 5.75 Å². The molecule has 0 aliphatic carbocycles. The van der Waals surface area contributed by atoms with Crippen molar-refractivity contribution < 1.29 is 23.8 Å². The first-order chi connectivity index (χ1) is 12.3. The third kappa shape index (κ3) is 9.36. The second kappa shape index (κ2) is 10.2. The van der Waals surface area contributed by atoms with Crippen molar-refractivity contribution in [2.75, 3.05) is 25.3 Å². The van der Waals surface area contributed by atoms with Crippen molar-refractivity contribution in [3.63, 3.8) is 0 Å². The van der Waals surface area contributed by atoms with Gasteiger partial charge < -0.3 is 14.2 Å². The van der Waals surface area contributed by atoms with Crippen LogP contribution in [0.4, 0.5) is 15.3 Å². The second-order valence-corrected chi connectivity index (χ2v) is 9.99. The van der Waals surface area contributed by atoms with Gasteiger partial charge in [0, 0.05) is 0 Å². The number of hydrogen-bond acceptors (Lipinski definition) is 5. The lowest BCUT2D eigenvalue weighted by Crippen LogP contribution is -2.48. The van der Waals surface area contributed by atoms with Gasteiger partial charge in [-0.1, -0.05) is 69.6 Å². The molecule has 1 aromatic carbocycles. The Morgan fingerprint density at radius 1 is 1.04 bits per heavy atom. The van der Waals surface area contributed by atoms with Gasteiger partial charge in [-0.3, -0.25) is 0 Å². The molecule has 0 fully saturated rings. The van der Waals surface area contributed by atoms with E-state index in [9.17, 15) is 9.59 Å². The SMILES string of the molecule is COc1ccc(N(NC(=O)OCC(Cl)(Cl)Cl)C(=O)OCC(Cl)(Cl)Cl)cc1C. The molecule has 0 radical (unpaired) electrons. The quantitative estimate of drug-likeness (QED) is 0.445. The van der Waals surface area contributed by atoms with Crippen molar-refractivity contribution in [1.29, 1.82) is 0 Å². The molecule has 0 unspecified atom stereocenters. The highest BCUT2D eigenvalue weighted by atomic mass is 35.6. The Kier molecular flexibility index (Phi) is 9.18. The van der Waals surface area contributed by atoms with Gasteiger partial charge in [0.1, 0.15) is 19.0 Å². The van der Waals surface area contributed by atoms with Crippen LogP contribution in [0, 0.1) is 6.92 Å². The van der Waals surface area contributed by atoms with E-state index < -0.39 is 33.0 Å². The van der Waals surface area contributed by atoms with Gasteiger partial charge in [-0.05, 0) is 30.7 Å². The number of hydrazine groups is 1. The van der Waals surface area contributed by atoms with Crippen LogP contribution in [0.3, 0.4) is 0 Å². The molecule has 27 heavy (non-hydrogen) atoms. The maximum atomic E-state index is 12.3. The van der Waals surface area contributed by atoms with Crippen LogP contribution in [-0.4, -0.2) is 40.1 Å². The number of hydrogen-bond donors (Lipinski definition) is 1. The zero-order valence-corrected chi connectivity index (χ0v) is 18.4. The van der Waals surface area contributed by atoms with E-state index in [0.717, 1.165) is 5.01 Å². The zero-order valence-electron chi connectivity index (χ0n) is 13.9. The fourth-order valence-corrected chi connectivity index (χ4v) is 2.02. The number of nitrogens with one attached hydrogen (secondary N) is 1. The number of aryl methyl sites for hydroxylation is 1. The molecule has 0 aliphatic heterocycles. The minimum atomic E-state index is -1.84. The van der Waals surface area contributed by atoms with E-state index >= 15 is 0 Å². The summed E-state index contributed by atoms with van der Waals surface area (Å²) in [6, 6.07) is 4.61. The van der Waals surface area contributed by atoms with E-state index in [1.165, 1.54) is 13.2 Å². The Hall–Kier alpha value is -0.700. The van der Waals surface area contributed by atoms with Gasteiger partial charge in [0.2, 0.25) is 7.59 Å². The Bertz CT molecular complexity index is 677. The summed E-state index contributed by atoms with van der Waals surface area (Å²) >= 11 is 33.2. The first kappa shape index (κ1) is 24.3. The Labute approximate surface area is 185 Å². The summed E-state index contributed by atoms with van der Waals surface area (Å²) in [5.41, 5.74) is 3.05. The minimum Gasteiger partial charge on any atom is -0.496 e. The van der Waals surface area contributed by atoms with Crippen LogP contribution in [0.1, 0.15) is 5.56 Å². The summed E-state index contributed by atoms with van der Waals surface area (Å²) in [5.74, 6) is 0.562. The number of methoxy groups -OCH3 is 1. The molecular formula is C14H14Cl6N2O5. The molecule has 0 heterocycles. The van der Waals surface area contributed by atoms with Crippen LogP contribution >= 0.6 is 69.6 Å². The fraction of sp³-hybridized carbons (Fsp3) is 0.429. The monoisotopic (exact) mass is 500 g/mol. The highest BCUT2D eigenvalue weighted by molar-refractivity contribution is 6.68. The number of ether oxygens (including phenoxy) is 3. The zero-order chi connectivity index (χ0) is 20.8. The molecule has 2 amide bonds. The van der Waals surface area contributed by atoms with Gasteiger partial charge >= 0.3 is 12.2 Å². The second-order valence-electron chi connectivity index (χ2n) is 4.96. The minimum absolute atomic E-state index is 0.216. The number of amides is 2. The average Bonchev–Trinajstić information content (AvgIpc) is 2.54. The molecule has 0 aromatic heterocycles. The molecule has 13 heteroatoms. The molecule has 0 saturated carbocycles. The summed E-state index contributed by atoms with van der Waals surface area (Å²) in [5, 5.41) is 0.740. The molecule has 0 spiro atoms. The van der Waals surface area contributed by atoms with Crippen LogP contribution in [0.25, 0.3) is 0 Å². The van der Waals surface area contributed by atoms with E-state index in [-0.39, 0.29) is 5.69 Å². The molecule has 0 atom stereocenters. The molecule has 7 nitrogen and oxygen atoms in total. The predicted octanol–water partition coefficient (Wildman–Crippen LogP) is 5.33. The van der Waals surface area contributed by atoms with Gasteiger partial charge in [-0.15, -0.1) is 0 Å². The molecule has 0 saturated heterocycles. The molecule has 0 bridgehead atoms. The number of carbonyl (C=O) groups excluding carboxylic acids is 2. The predicted molar refractivity (Wildman–Crippen MR) is 107 cm³/mol. The molecule has 152 valence electrons. The number of benzene rings is 1. The lowest BCUT2D eigenvalue weighted by atomic mass is 10.2. The van der Waals surface area contributed by atoms with Gasteiger partial charge in [-0.25, -0.2) is 15.0 Å². The van der Waals surface area contributed by atoms with E-state index in [2.05, 4.69) is 5.43 Å². The molecule has 1 aromatic rings. The fourth-order valence-electron chi connectivity index (χ4n) is 1.70. The first-order valence-corrected chi connectivity index (χ1v) is 9.27. The lowest BCUT2D eigenvalue weighted by Gasteiger charge is -2.24. The van der Waals surface area contributed by atoms with E-state index in [0.29, 0.717) is 11.3 Å². The van der Waals surface area contributed by atoms with Gasteiger partial charge in [0.25, 0.3) is 0 Å². The van der Waals surface area contributed by atoms with Crippen LogP contribution < -0.4 is 15.2 Å². The smallest absolute Gasteiger partial charge is 0.433 e. The van der Waals surface area contributed by atoms with Gasteiger partial charge in [0.15, 0.2) is 0 Å². The van der Waals surface area contributed by atoms with Crippen molar-refractivity contribution in [2.45, 2.75) is 14.5 Å². The van der Waals surface area contributed by atoms with Crippen molar-refractivity contribution >= 4 is 87.5 Å². The first-order valence-electron chi connectivity index (χ1n) is 7.01. The summed E-state index contributed by atoms with van der Waals surface area (Å²) < 4.78 is 11.1. The van der Waals surface area contributed by atoms with E-state index in [1.807, 2.05) is 0 Å². The lowest BCUT2D eigenvalue weighted by molar-refractivity contribution is 0.135. The van der Waals surface area contributed by atoms with Crippen LogP contribution in [0.15, 0.2) is 18.2 Å². The third-order valence-corrected chi connectivity index (χ3v) is 3.40. The van der Waals surface area contributed by atoms with Crippen molar-refractivity contribution in [3.8, 4) is 5.75 Å². The number of anilines is 1. The van der Waals surface area contributed by atoms with E-state index in [1.54, 1.807) is 19.1 Å². The highest BCUT2D eigenvalue weighted by Gasteiger charge is 2.28. The van der Waals surface area contributed by atoms with Crippen molar-refractivity contribution in [2.24, 2.45) is 0 Å². The van der Waals surface area contributed by atoms with E-state index in [4.69, 9.17) is 83.8 Å². The average molecular weight is 503 g/mol. The summed E-state index contributed by atoms with van der Waals surface area (Å²) in [4.78, 5) is 24.3. The maximum absolute atomic E-state index is 12.3. The summed E-state index contributed by atoms with van der Waals surface area (Å²) in [6.07, 6.45) is -2.13. The van der Waals surface area contributed by atoms with Crippen molar-refractivity contribution in [3.05, 3.63) is 23.8 Å². The third-order valence-electron chi connectivity index (χ3n) is 2.75. The molecule has 1 N–H and O–H groups in total. The highest BCUT2D eigenvalue weighted by Crippen LogP contribution is 2.28. The Morgan fingerprint density at radius 2 is 1.59 bits per heavy atom. The molecule has 0 aliphatic rings. The van der Waals surface area contributed by atoms with Gasteiger partial charge in [0.05, 0.1) is 12.8 Å². The Morgan fingerprint density at radius 3 is 2.07 bits per heavy atom. The topological polar surface area (TPSA) is 77.1 Å². The number of rotatable bonds is 4. The van der Waals surface area contributed by atoms with Gasteiger partial charge in [-0.2, -0.15) is 5.01 Å². The number of halogens is 6. The van der Waals surface area contributed by atoms with Crippen molar-refractivity contribution in [1.82, 2.24) is 5.43 Å². The largest absolute Gasteiger partial charge is 0.496 e. The molecular weight excluding hydrogens is 489 g/mol. The van der Waals surface area contributed by atoms with Crippen LogP contribution in [0.2, 0.25) is 0 Å². The molecule has 1 rings (SSSR count). The maximum Gasteiger partial charge on any atom is 0.433 e.